The lowest BCUT2D eigenvalue weighted by atomic mass is 10.2. The van der Waals surface area contributed by atoms with Gasteiger partial charge in [0.15, 0.2) is 9.84 Å². The van der Waals surface area contributed by atoms with Crippen molar-refractivity contribution in [2.24, 2.45) is 0 Å². The summed E-state index contributed by atoms with van der Waals surface area (Å²) in [5.41, 5.74) is 5.40. The van der Waals surface area contributed by atoms with E-state index in [4.69, 9.17) is 5.73 Å². The summed E-state index contributed by atoms with van der Waals surface area (Å²) in [5.74, 6) is -1.73. The van der Waals surface area contributed by atoms with Crippen LogP contribution in [0.2, 0.25) is 0 Å². The molecule has 0 amide bonds. The Morgan fingerprint density at radius 1 is 1.41 bits per heavy atom. The maximum Gasteiger partial charge on any atom is 0.338 e. The van der Waals surface area contributed by atoms with Crippen LogP contribution in [0.3, 0.4) is 0 Å². The van der Waals surface area contributed by atoms with Gasteiger partial charge in [-0.2, -0.15) is 0 Å². The van der Waals surface area contributed by atoms with Gasteiger partial charge in [-0.3, -0.25) is 0 Å². The number of carbonyl (C=O) groups excluding carboxylic acids is 1. The molecule has 0 unspecified atom stereocenters. The van der Waals surface area contributed by atoms with Gasteiger partial charge in [0, 0.05) is 11.9 Å². The summed E-state index contributed by atoms with van der Waals surface area (Å²) in [5, 5.41) is 0. The predicted octanol–water partition coefficient (Wildman–Crippen LogP) is 0.609. The number of rotatable bonds is 4. The largest absolute Gasteiger partial charge is 0.461 e. The second-order valence-corrected chi connectivity index (χ2v) is 5.80. The highest BCUT2D eigenvalue weighted by atomic mass is 32.2. The van der Waals surface area contributed by atoms with Crippen LogP contribution < -0.4 is 5.73 Å². The molecule has 0 aliphatic heterocycles. The van der Waals surface area contributed by atoms with Crippen LogP contribution >= 0.6 is 0 Å². The first-order valence-electron chi connectivity index (χ1n) is 4.69. The van der Waals surface area contributed by atoms with Gasteiger partial charge in [-0.1, -0.05) is 0 Å². The molecule has 94 valence electrons. The second kappa shape index (κ2) is 5.13. The molecule has 0 atom stereocenters. The van der Waals surface area contributed by atoms with Crippen LogP contribution in [0.5, 0.6) is 0 Å². The minimum atomic E-state index is -3.19. The van der Waals surface area contributed by atoms with Crippen LogP contribution in [0.15, 0.2) is 18.2 Å². The molecule has 5 nitrogen and oxygen atoms in total. The molecule has 1 aromatic rings. The van der Waals surface area contributed by atoms with Crippen LogP contribution in [0.25, 0.3) is 0 Å². The van der Waals surface area contributed by atoms with Crippen LogP contribution in [0, 0.1) is 5.82 Å². The van der Waals surface area contributed by atoms with E-state index >= 15 is 0 Å². The number of carbonyl (C=O) groups is 1. The Bertz CT molecular complexity index is 507. The molecule has 0 heterocycles. The van der Waals surface area contributed by atoms with E-state index in [1.54, 1.807) is 0 Å². The van der Waals surface area contributed by atoms with Crippen molar-refractivity contribution in [3.05, 3.63) is 29.6 Å². The summed E-state index contributed by atoms with van der Waals surface area (Å²) in [6.07, 6.45) is 1.03. The van der Waals surface area contributed by atoms with Gasteiger partial charge in [0.2, 0.25) is 0 Å². The third-order valence-corrected chi connectivity index (χ3v) is 2.75. The Morgan fingerprint density at radius 2 is 2.06 bits per heavy atom. The molecule has 0 bridgehead atoms. The van der Waals surface area contributed by atoms with Crippen molar-refractivity contribution in [3.63, 3.8) is 0 Å². The second-order valence-electron chi connectivity index (χ2n) is 3.54. The standard InChI is InChI=1S/C10H12FNO4S/c1-17(14,15)3-2-16-10(13)7-4-8(11)6-9(12)5-7/h4-6H,2-3,12H2,1H3. The first kappa shape index (κ1) is 13.4. The molecule has 0 aliphatic rings. The third kappa shape index (κ3) is 4.81. The fourth-order valence-corrected chi connectivity index (χ4v) is 1.49. The number of hydrogen-bond donors (Lipinski definition) is 1. The van der Waals surface area contributed by atoms with Crippen molar-refractivity contribution in [3.8, 4) is 0 Å². The summed E-state index contributed by atoms with van der Waals surface area (Å²) < 4.78 is 39.2. The quantitative estimate of drug-likeness (QED) is 0.634. The third-order valence-electron chi connectivity index (χ3n) is 1.84. The molecule has 0 saturated heterocycles. The van der Waals surface area contributed by atoms with E-state index in [1.807, 2.05) is 0 Å². The highest BCUT2D eigenvalue weighted by molar-refractivity contribution is 7.90. The van der Waals surface area contributed by atoms with Gasteiger partial charge in [-0.15, -0.1) is 0 Å². The van der Waals surface area contributed by atoms with Crippen LogP contribution in [-0.2, 0) is 14.6 Å². The van der Waals surface area contributed by atoms with Gasteiger partial charge in [0.05, 0.1) is 11.3 Å². The number of nitrogens with two attached hydrogens (primary N) is 1. The van der Waals surface area contributed by atoms with Crippen molar-refractivity contribution in [2.45, 2.75) is 0 Å². The number of anilines is 1. The van der Waals surface area contributed by atoms with E-state index < -0.39 is 21.6 Å². The van der Waals surface area contributed by atoms with Gasteiger partial charge in [0.25, 0.3) is 0 Å². The fraction of sp³-hybridized carbons (Fsp3) is 0.300. The van der Waals surface area contributed by atoms with Crippen molar-refractivity contribution in [2.75, 3.05) is 24.3 Å². The highest BCUT2D eigenvalue weighted by Crippen LogP contribution is 2.11. The fourth-order valence-electron chi connectivity index (χ4n) is 1.10. The van der Waals surface area contributed by atoms with E-state index in [-0.39, 0.29) is 23.6 Å². The maximum atomic E-state index is 12.9. The molecule has 17 heavy (non-hydrogen) atoms. The van der Waals surface area contributed by atoms with Crippen molar-refractivity contribution < 1.29 is 22.3 Å². The lowest BCUT2D eigenvalue weighted by Gasteiger charge is -2.04. The molecule has 1 rings (SSSR count). The molecule has 7 heteroatoms. The number of benzene rings is 1. The minimum Gasteiger partial charge on any atom is -0.461 e. The summed E-state index contributed by atoms with van der Waals surface area (Å²) in [4.78, 5) is 11.4. The molecule has 0 fully saturated rings. The van der Waals surface area contributed by atoms with Gasteiger partial charge >= 0.3 is 5.97 Å². The number of ether oxygens (including phenoxy) is 1. The summed E-state index contributed by atoms with van der Waals surface area (Å²) in [6.45, 7) is -0.270. The minimum absolute atomic E-state index is 0.0454. The van der Waals surface area contributed by atoms with E-state index in [0.29, 0.717) is 0 Å². The number of esters is 1. The number of hydrogen-bond acceptors (Lipinski definition) is 5. The Kier molecular flexibility index (Phi) is 4.06. The van der Waals surface area contributed by atoms with Crippen LogP contribution in [0.1, 0.15) is 10.4 Å². The molecule has 0 saturated carbocycles. The van der Waals surface area contributed by atoms with Gasteiger partial charge in [-0.25, -0.2) is 17.6 Å². The topological polar surface area (TPSA) is 86.5 Å². The lowest BCUT2D eigenvalue weighted by Crippen LogP contribution is -2.14. The number of halogens is 1. The number of sulfone groups is 1. The van der Waals surface area contributed by atoms with Crippen molar-refractivity contribution in [1.29, 1.82) is 0 Å². The normalized spacial score (nSPS) is 11.2. The van der Waals surface area contributed by atoms with Crippen LogP contribution in [-0.4, -0.2) is 33.0 Å². The SMILES string of the molecule is CS(=O)(=O)CCOC(=O)c1cc(N)cc(F)c1. The zero-order valence-corrected chi connectivity index (χ0v) is 9.96. The molecule has 0 spiro atoms. The smallest absolute Gasteiger partial charge is 0.338 e. The monoisotopic (exact) mass is 261 g/mol. The average Bonchev–Trinajstić information content (AvgIpc) is 2.13. The molecule has 0 aromatic heterocycles. The lowest BCUT2D eigenvalue weighted by molar-refractivity contribution is 0.0529. The maximum absolute atomic E-state index is 12.9. The highest BCUT2D eigenvalue weighted by Gasteiger charge is 2.11. The zero-order valence-electron chi connectivity index (χ0n) is 9.14. The van der Waals surface area contributed by atoms with Gasteiger partial charge in [0.1, 0.15) is 12.4 Å². The van der Waals surface area contributed by atoms with E-state index in [1.165, 1.54) is 6.07 Å². The van der Waals surface area contributed by atoms with Crippen molar-refractivity contribution in [1.82, 2.24) is 0 Å². The first-order valence-corrected chi connectivity index (χ1v) is 6.75. The predicted molar refractivity (Wildman–Crippen MR) is 60.8 cm³/mol. The Labute approximate surface area is 98.3 Å². The Morgan fingerprint density at radius 3 is 2.59 bits per heavy atom. The van der Waals surface area contributed by atoms with E-state index in [9.17, 15) is 17.6 Å². The Hall–Kier alpha value is -1.63. The molecule has 1 aromatic carbocycles. The Balaban J connectivity index is 2.64. The molecule has 0 radical (unpaired) electrons. The van der Waals surface area contributed by atoms with Gasteiger partial charge < -0.3 is 10.5 Å². The first-order chi connectivity index (χ1) is 7.78. The average molecular weight is 261 g/mol. The van der Waals surface area contributed by atoms with Crippen molar-refractivity contribution >= 4 is 21.5 Å². The van der Waals surface area contributed by atoms with Crippen LogP contribution in [0.4, 0.5) is 10.1 Å². The van der Waals surface area contributed by atoms with E-state index in [0.717, 1.165) is 18.4 Å². The van der Waals surface area contributed by atoms with E-state index in [2.05, 4.69) is 4.74 Å². The molecule has 2 N–H and O–H groups in total. The number of nitrogen functional groups attached to an aromatic ring is 1. The van der Waals surface area contributed by atoms with Gasteiger partial charge in [-0.05, 0) is 18.2 Å². The molecule has 0 aliphatic carbocycles. The summed E-state index contributed by atoms with van der Waals surface area (Å²) in [7, 11) is -3.19. The summed E-state index contributed by atoms with van der Waals surface area (Å²) >= 11 is 0. The summed E-state index contributed by atoms with van der Waals surface area (Å²) in [6, 6.07) is 3.29. The zero-order chi connectivity index (χ0) is 13.1. The molecular formula is C10H12FNO4S. The molecular weight excluding hydrogens is 249 g/mol.